The van der Waals surface area contributed by atoms with Gasteiger partial charge in [-0.05, 0) is 60.2 Å². The van der Waals surface area contributed by atoms with E-state index in [4.69, 9.17) is 21.4 Å². The Morgan fingerprint density at radius 2 is 1.76 bits per heavy atom. The Morgan fingerprint density at radius 3 is 2.56 bits per heavy atom. The molecule has 0 radical (unpaired) electrons. The van der Waals surface area contributed by atoms with Crippen molar-refractivity contribution in [2.24, 2.45) is 0 Å². The zero-order valence-electron chi connectivity index (χ0n) is 21.7. The van der Waals surface area contributed by atoms with Crippen molar-refractivity contribution < 1.29 is 4.74 Å². The lowest BCUT2D eigenvalue weighted by Gasteiger charge is -2.08. The average molecular weight is 556 g/mol. The number of hydrogen-bond donors (Lipinski definition) is 1. The van der Waals surface area contributed by atoms with Gasteiger partial charge in [0, 0.05) is 22.3 Å². The highest BCUT2D eigenvalue weighted by Gasteiger charge is 2.15. The first-order valence-corrected chi connectivity index (χ1v) is 13.2. The average Bonchev–Trinajstić information content (AvgIpc) is 3.44. The second kappa shape index (κ2) is 11.3. The van der Waals surface area contributed by atoms with E-state index in [1.165, 1.54) is 0 Å². The minimum Gasteiger partial charge on any atom is -0.489 e. The molecule has 8 heteroatoms. The van der Waals surface area contributed by atoms with Crippen LogP contribution >= 0.6 is 11.6 Å². The third kappa shape index (κ3) is 5.64. The minimum atomic E-state index is -0.308. The molecule has 0 unspecified atom stereocenters. The SMILES string of the molecule is N#C/C(=C\c1cn(-c2ccccc2)nc1-c1cccc(OCc2ccc(Cl)cc2)c1)c1nc2ccccc2c(=O)[nH]1. The molecule has 0 spiro atoms. The monoisotopic (exact) mass is 555 g/mol. The summed E-state index contributed by atoms with van der Waals surface area (Å²) < 4.78 is 7.81. The van der Waals surface area contributed by atoms with Crippen LogP contribution in [0.2, 0.25) is 5.02 Å². The molecule has 0 amide bonds. The zero-order valence-corrected chi connectivity index (χ0v) is 22.4. The molecule has 0 saturated heterocycles. The van der Waals surface area contributed by atoms with Crippen molar-refractivity contribution in [3.63, 3.8) is 0 Å². The molecule has 6 rings (SSSR count). The van der Waals surface area contributed by atoms with Crippen LogP contribution in [0.25, 0.3) is 39.5 Å². The second-order valence-electron chi connectivity index (χ2n) is 9.26. The fraction of sp³-hybridized carbons (Fsp3) is 0.0303. The maximum Gasteiger partial charge on any atom is 0.259 e. The van der Waals surface area contributed by atoms with E-state index >= 15 is 0 Å². The maximum absolute atomic E-state index is 12.7. The standard InChI is InChI=1S/C33H22ClN5O2/c34-26-15-13-22(14-16-26)21-41-28-10-6-7-23(18-28)31-25(20-39(38-31)27-8-2-1-3-9-27)17-24(19-35)32-36-30-12-5-4-11-29(30)33(40)37-32/h1-18,20H,21H2,(H,36,37,40)/b24-17+. The van der Waals surface area contributed by atoms with Gasteiger partial charge in [-0.15, -0.1) is 0 Å². The highest BCUT2D eigenvalue weighted by molar-refractivity contribution is 6.30. The van der Waals surface area contributed by atoms with Crippen LogP contribution in [0.4, 0.5) is 0 Å². The first kappa shape index (κ1) is 25.8. The number of H-pyrrole nitrogens is 1. The van der Waals surface area contributed by atoms with E-state index < -0.39 is 0 Å². The van der Waals surface area contributed by atoms with Gasteiger partial charge in [-0.2, -0.15) is 10.4 Å². The van der Waals surface area contributed by atoms with Gasteiger partial charge < -0.3 is 9.72 Å². The van der Waals surface area contributed by atoms with Crippen molar-refractivity contribution >= 4 is 34.2 Å². The lowest BCUT2D eigenvalue weighted by molar-refractivity contribution is 0.306. The van der Waals surface area contributed by atoms with Crippen LogP contribution in [-0.4, -0.2) is 19.7 Å². The Morgan fingerprint density at radius 1 is 0.976 bits per heavy atom. The number of hydrogen-bond acceptors (Lipinski definition) is 5. The Balaban J connectivity index is 1.41. The number of aromatic amines is 1. The smallest absolute Gasteiger partial charge is 0.259 e. The summed E-state index contributed by atoms with van der Waals surface area (Å²) in [6.07, 6.45) is 3.54. The number of benzene rings is 4. The molecule has 2 heterocycles. The minimum absolute atomic E-state index is 0.189. The summed E-state index contributed by atoms with van der Waals surface area (Å²) in [5, 5.41) is 16.1. The maximum atomic E-state index is 12.7. The Kier molecular flexibility index (Phi) is 7.14. The van der Waals surface area contributed by atoms with Crippen LogP contribution in [0.1, 0.15) is 17.0 Å². The molecule has 4 aromatic carbocycles. The fourth-order valence-corrected chi connectivity index (χ4v) is 4.56. The number of nitrogens with one attached hydrogen (secondary N) is 1. The van der Waals surface area contributed by atoms with Crippen molar-refractivity contribution in [1.29, 1.82) is 5.26 Å². The third-order valence-corrected chi connectivity index (χ3v) is 6.73. The molecule has 0 aliphatic carbocycles. The van der Waals surface area contributed by atoms with Crippen LogP contribution in [-0.2, 0) is 6.61 Å². The molecule has 0 aliphatic rings. The lowest BCUT2D eigenvalue weighted by atomic mass is 10.1. The van der Waals surface area contributed by atoms with Gasteiger partial charge in [0.25, 0.3) is 5.56 Å². The van der Waals surface area contributed by atoms with Crippen molar-refractivity contribution in [2.75, 3.05) is 0 Å². The first-order chi connectivity index (χ1) is 20.1. The summed E-state index contributed by atoms with van der Waals surface area (Å²) >= 11 is 6.00. The van der Waals surface area contributed by atoms with Gasteiger partial charge in [-0.1, -0.05) is 66.2 Å². The number of halogens is 1. The Bertz CT molecular complexity index is 1990. The molecule has 6 aromatic rings. The summed E-state index contributed by atoms with van der Waals surface area (Å²) in [6.45, 7) is 0.380. The number of ether oxygens (including phenoxy) is 1. The second-order valence-corrected chi connectivity index (χ2v) is 9.69. The van der Waals surface area contributed by atoms with Crippen LogP contribution in [0.3, 0.4) is 0 Å². The van der Waals surface area contributed by atoms with E-state index in [9.17, 15) is 10.1 Å². The van der Waals surface area contributed by atoms with Gasteiger partial charge >= 0.3 is 0 Å². The molecule has 0 atom stereocenters. The normalized spacial score (nSPS) is 11.4. The topological polar surface area (TPSA) is 96.6 Å². The summed E-state index contributed by atoms with van der Waals surface area (Å²) in [5.41, 5.74) is 4.38. The number of aromatic nitrogens is 4. The molecule has 0 fully saturated rings. The largest absolute Gasteiger partial charge is 0.489 e. The van der Waals surface area contributed by atoms with Crippen LogP contribution in [0.15, 0.2) is 114 Å². The van der Waals surface area contributed by atoms with Gasteiger partial charge in [0.05, 0.1) is 22.2 Å². The summed E-state index contributed by atoms with van der Waals surface area (Å²) in [5.74, 6) is 0.859. The van der Waals surface area contributed by atoms with Crippen LogP contribution in [0, 0.1) is 11.3 Å². The van der Waals surface area contributed by atoms with Crippen molar-refractivity contribution in [3.8, 4) is 28.8 Å². The summed E-state index contributed by atoms with van der Waals surface area (Å²) in [7, 11) is 0. The molecule has 0 bridgehead atoms. The summed E-state index contributed by atoms with van der Waals surface area (Å²) in [4.78, 5) is 20.0. The van der Waals surface area contributed by atoms with Crippen LogP contribution in [0.5, 0.6) is 5.75 Å². The van der Waals surface area contributed by atoms with Crippen molar-refractivity contribution in [3.05, 3.63) is 142 Å². The Hall–Kier alpha value is -5.45. The molecule has 41 heavy (non-hydrogen) atoms. The van der Waals surface area contributed by atoms with Gasteiger partial charge in [0.1, 0.15) is 24.1 Å². The first-order valence-electron chi connectivity index (χ1n) is 12.8. The lowest BCUT2D eigenvalue weighted by Crippen LogP contribution is -2.11. The quantitative estimate of drug-likeness (QED) is 0.212. The van der Waals surface area contributed by atoms with E-state index in [0.29, 0.717) is 39.5 Å². The number of nitriles is 1. The number of para-hydroxylation sites is 2. The molecule has 1 N–H and O–H groups in total. The fourth-order valence-electron chi connectivity index (χ4n) is 4.43. The number of nitrogens with zero attached hydrogens (tertiary/aromatic N) is 4. The third-order valence-electron chi connectivity index (χ3n) is 6.48. The molecule has 2 aromatic heterocycles. The predicted molar refractivity (Wildman–Crippen MR) is 161 cm³/mol. The van der Waals surface area contributed by atoms with E-state index in [2.05, 4.69) is 16.0 Å². The molecular weight excluding hydrogens is 534 g/mol. The van der Waals surface area contributed by atoms with Gasteiger partial charge in [-0.25, -0.2) is 9.67 Å². The van der Waals surface area contributed by atoms with Crippen LogP contribution < -0.4 is 10.3 Å². The molecular formula is C33H22ClN5O2. The van der Waals surface area contributed by atoms with E-state index in [-0.39, 0.29) is 17.0 Å². The van der Waals surface area contributed by atoms with E-state index in [0.717, 1.165) is 16.8 Å². The number of fused-ring (bicyclic) bond motifs is 1. The van der Waals surface area contributed by atoms with E-state index in [1.54, 1.807) is 35.0 Å². The molecule has 0 aliphatic heterocycles. The molecule has 198 valence electrons. The van der Waals surface area contributed by atoms with Gasteiger partial charge in [-0.3, -0.25) is 4.79 Å². The van der Waals surface area contributed by atoms with Gasteiger partial charge in [0.2, 0.25) is 0 Å². The predicted octanol–water partition coefficient (Wildman–Crippen LogP) is 7.07. The molecule has 0 saturated carbocycles. The number of allylic oxidation sites excluding steroid dienone is 1. The zero-order chi connectivity index (χ0) is 28.2. The molecule has 7 nitrogen and oxygen atoms in total. The Labute approximate surface area is 240 Å². The highest BCUT2D eigenvalue weighted by atomic mass is 35.5. The van der Waals surface area contributed by atoms with Gasteiger partial charge in [0.15, 0.2) is 5.82 Å². The summed E-state index contributed by atoms with van der Waals surface area (Å²) in [6, 6.07) is 34.0. The highest BCUT2D eigenvalue weighted by Crippen LogP contribution is 2.30. The number of rotatable bonds is 7. The van der Waals surface area contributed by atoms with Crippen molar-refractivity contribution in [2.45, 2.75) is 6.61 Å². The van der Waals surface area contributed by atoms with E-state index in [1.807, 2.05) is 85.1 Å². The van der Waals surface area contributed by atoms with Crippen molar-refractivity contribution in [1.82, 2.24) is 19.7 Å².